The third-order valence-electron chi connectivity index (χ3n) is 4.10. The molecule has 28 heavy (non-hydrogen) atoms. The fraction of sp³-hybridized carbons (Fsp3) is 0.150. The molecule has 4 aromatic rings. The van der Waals surface area contributed by atoms with Crippen molar-refractivity contribution in [1.29, 1.82) is 0 Å². The standard InChI is InChI=1S/C20H16N2O4S2/c1-24-16-6-4-12(7-17(16)25-2)19-22-14(10-27-19)9-26-20(23)13-3-5-15-18(8-13)28-11-21-15/h3-8,10-11H,9H2,1-2H3. The molecule has 0 aliphatic rings. The fourth-order valence-corrected chi connectivity index (χ4v) is 4.20. The largest absolute Gasteiger partial charge is 0.493 e. The van der Waals surface area contributed by atoms with Crippen molar-refractivity contribution >= 4 is 38.9 Å². The van der Waals surface area contributed by atoms with Crippen molar-refractivity contribution in [2.75, 3.05) is 14.2 Å². The predicted molar refractivity (Wildman–Crippen MR) is 109 cm³/mol. The molecule has 2 heterocycles. The summed E-state index contributed by atoms with van der Waals surface area (Å²) in [6, 6.07) is 11.0. The summed E-state index contributed by atoms with van der Waals surface area (Å²) in [5.41, 5.74) is 4.75. The minimum absolute atomic E-state index is 0.114. The van der Waals surface area contributed by atoms with Gasteiger partial charge in [0.1, 0.15) is 11.6 Å². The summed E-state index contributed by atoms with van der Waals surface area (Å²) in [7, 11) is 3.19. The Kier molecular flexibility index (Phi) is 5.23. The zero-order valence-electron chi connectivity index (χ0n) is 15.2. The van der Waals surface area contributed by atoms with Crippen LogP contribution in [0, 0.1) is 0 Å². The average molecular weight is 412 g/mol. The highest BCUT2D eigenvalue weighted by Gasteiger charge is 2.13. The van der Waals surface area contributed by atoms with Crippen LogP contribution in [0.4, 0.5) is 0 Å². The second kappa shape index (κ2) is 7.95. The van der Waals surface area contributed by atoms with Crippen LogP contribution in [0.3, 0.4) is 0 Å². The first-order valence-corrected chi connectivity index (χ1v) is 10.1. The second-order valence-electron chi connectivity index (χ2n) is 5.82. The molecule has 0 saturated carbocycles. The lowest BCUT2D eigenvalue weighted by Gasteiger charge is -2.08. The maximum atomic E-state index is 12.3. The van der Waals surface area contributed by atoms with Crippen LogP contribution >= 0.6 is 22.7 Å². The number of carbonyl (C=O) groups excluding carboxylic acids is 1. The lowest BCUT2D eigenvalue weighted by Crippen LogP contribution is -2.05. The number of hydrogen-bond acceptors (Lipinski definition) is 8. The van der Waals surface area contributed by atoms with E-state index >= 15 is 0 Å². The molecule has 0 fully saturated rings. The van der Waals surface area contributed by atoms with E-state index < -0.39 is 0 Å². The van der Waals surface area contributed by atoms with Crippen molar-refractivity contribution in [1.82, 2.24) is 9.97 Å². The summed E-state index contributed by atoms with van der Waals surface area (Å²) < 4.78 is 17.0. The Morgan fingerprint density at radius 1 is 1.04 bits per heavy atom. The van der Waals surface area contributed by atoms with Crippen LogP contribution < -0.4 is 9.47 Å². The van der Waals surface area contributed by atoms with Gasteiger partial charge in [-0.3, -0.25) is 0 Å². The number of thiazole rings is 2. The van der Waals surface area contributed by atoms with E-state index in [1.807, 2.05) is 29.6 Å². The van der Waals surface area contributed by atoms with Gasteiger partial charge in [-0.2, -0.15) is 0 Å². The van der Waals surface area contributed by atoms with Crippen molar-refractivity contribution in [3.8, 4) is 22.1 Å². The van der Waals surface area contributed by atoms with Gasteiger partial charge in [0.05, 0.1) is 41.2 Å². The van der Waals surface area contributed by atoms with Gasteiger partial charge in [-0.15, -0.1) is 22.7 Å². The van der Waals surface area contributed by atoms with Gasteiger partial charge in [0.15, 0.2) is 11.5 Å². The lowest BCUT2D eigenvalue weighted by atomic mass is 10.2. The third kappa shape index (κ3) is 3.69. The van der Waals surface area contributed by atoms with E-state index in [-0.39, 0.29) is 12.6 Å². The zero-order chi connectivity index (χ0) is 19.5. The SMILES string of the molecule is COc1ccc(-c2nc(COC(=O)c3ccc4ncsc4c3)cs2)cc1OC. The molecule has 0 radical (unpaired) electrons. The van der Waals surface area contributed by atoms with Crippen molar-refractivity contribution in [3.05, 3.63) is 58.5 Å². The summed E-state index contributed by atoms with van der Waals surface area (Å²) >= 11 is 2.97. The summed E-state index contributed by atoms with van der Waals surface area (Å²) in [6.45, 7) is 0.114. The number of aromatic nitrogens is 2. The number of nitrogens with zero attached hydrogens (tertiary/aromatic N) is 2. The Labute approximate surface area is 169 Å². The van der Waals surface area contributed by atoms with Gasteiger partial charge in [-0.1, -0.05) is 0 Å². The Morgan fingerprint density at radius 3 is 2.71 bits per heavy atom. The molecule has 0 saturated heterocycles. The van der Waals surface area contributed by atoms with Gasteiger partial charge >= 0.3 is 5.97 Å². The Hall–Kier alpha value is -2.97. The van der Waals surface area contributed by atoms with Crippen LogP contribution in [0.1, 0.15) is 16.1 Å². The molecule has 2 aromatic carbocycles. The number of hydrogen-bond donors (Lipinski definition) is 0. The van der Waals surface area contributed by atoms with E-state index in [0.717, 1.165) is 20.8 Å². The molecule has 6 nitrogen and oxygen atoms in total. The summed E-state index contributed by atoms with van der Waals surface area (Å²) in [5.74, 6) is 0.924. The smallest absolute Gasteiger partial charge is 0.338 e. The molecule has 0 amide bonds. The Bertz CT molecular complexity index is 1140. The van der Waals surface area contributed by atoms with Gasteiger partial charge in [0.25, 0.3) is 0 Å². The van der Waals surface area contributed by atoms with E-state index in [2.05, 4.69) is 9.97 Å². The zero-order valence-corrected chi connectivity index (χ0v) is 16.8. The van der Waals surface area contributed by atoms with Gasteiger partial charge in [0, 0.05) is 10.9 Å². The minimum atomic E-state index is -0.379. The molecule has 0 aliphatic carbocycles. The number of rotatable bonds is 6. The van der Waals surface area contributed by atoms with Crippen molar-refractivity contribution in [2.24, 2.45) is 0 Å². The van der Waals surface area contributed by atoms with Crippen molar-refractivity contribution < 1.29 is 19.0 Å². The normalized spacial score (nSPS) is 10.8. The molecular formula is C20H16N2O4S2. The quantitative estimate of drug-likeness (QED) is 0.424. The van der Waals surface area contributed by atoms with Crippen LogP contribution in [0.5, 0.6) is 11.5 Å². The molecule has 0 spiro atoms. The first kappa shape index (κ1) is 18.4. The number of fused-ring (bicyclic) bond motifs is 1. The summed E-state index contributed by atoms with van der Waals surface area (Å²) in [6.07, 6.45) is 0. The molecule has 8 heteroatoms. The third-order valence-corrected chi connectivity index (χ3v) is 5.83. The molecule has 0 N–H and O–H groups in total. The molecule has 4 rings (SSSR count). The molecule has 0 unspecified atom stereocenters. The number of methoxy groups -OCH3 is 2. The first-order chi connectivity index (χ1) is 13.7. The van der Waals surface area contributed by atoms with E-state index in [1.165, 1.54) is 22.7 Å². The number of benzene rings is 2. The molecule has 0 atom stereocenters. The van der Waals surface area contributed by atoms with Gasteiger partial charge in [-0.25, -0.2) is 14.8 Å². The monoisotopic (exact) mass is 412 g/mol. The lowest BCUT2D eigenvalue weighted by molar-refractivity contribution is 0.0468. The number of carbonyl (C=O) groups is 1. The van der Waals surface area contributed by atoms with E-state index in [4.69, 9.17) is 14.2 Å². The van der Waals surface area contributed by atoms with E-state index in [1.54, 1.807) is 31.9 Å². The van der Waals surface area contributed by atoms with Crippen LogP contribution in [0.25, 0.3) is 20.8 Å². The highest BCUT2D eigenvalue weighted by molar-refractivity contribution is 7.16. The highest BCUT2D eigenvalue weighted by Crippen LogP contribution is 2.33. The van der Waals surface area contributed by atoms with Crippen LogP contribution in [-0.2, 0) is 11.3 Å². The topological polar surface area (TPSA) is 70.5 Å². The Morgan fingerprint density at radius 2 is 1.89 bits per heavy atom. The van der Waals surface area contributed by atoms with E-state index in [0.29, 0.717) is 22.8 Å². The van der Waals surface area contributed by atoms with Gasteiger partial charge in [0.2, 0.25) is 0 Å². The fourth-order valence-electron chi connectivity index (χ4n) is 2.68. The van der Waals surface area contributed by atoms with Crippen molar-refractivity contribution in [3.63, 3.8) is 0 Å². The molecular weight excluding hydrogens is 396 g/mol. The molecule has 0 bridgehead atoms. The molecule has 0 aliphatic heterocycles. The minimum Gasteiger partial charge on any atom is -0.493 e. The molecule has 142 valence electrons. The average Bonchev–Trinajstić information content (AvgIpc) is 3.40. The number of esters is 1. The highest BCUT2D eigenvalue weighted by atomic mass is 32.1. The van der Waals surface area contributed by atoms with Crippen LogP contribution in [0.2, 0.25) is 0 Å². The van der Waals surface area contributed by atoms with E-state index in [9.17, 15) is 4.79 Å². The second-order valence-corrected chi connectivity index (χ2v) is 7.57. The predicted octanol–water partition coefficient (Wildman–Crippen LogP) is 4.79. The molecule has 2 aromatic heterocycles. The Balaban J connectivity index is 1.45. The van der Waals surface area contributed by atoms with Crippen LogP contribution in [-0.4, -0.2) is 30.2 Å². The number of ether oxygens (including phenoxy) is 3. The van der Waals surface area contributed by atoms with Crippen LogP contribution in [0.15, 0.2) is 47.3 Å². The van der Waals surface area contributed by atoms with Crippen molar-refractivity contribution in [2.45, 2.75) is 6.61 Å². The first-order valence-electron chi connectivity index (χ1n) is 8.35. The summed E-state index contributed by atoms with van der Waals surface area (Å²) in [4.78, 5) is 21.1. The maximum Gasteiger partial charge on any atom is 0.338 e. The summed E-state index contributed by atoms with van der Waals surface area (Å²) in [5, 5.41) is 2.70. The maximum absolute atomic E-state index is 12.3. The van der Waals surface area contributed by atoms with Gasteiger partial charge < -0.3 is 14.2 Å². The van der Waals surface area contributed by atoms with Gasteiger partial charge in [-0.05, 0) is 36.4 Å².